The summed E-state index contributed by atoms with van der Waals surface area (Å²) in [4.78, 5) is 11.5. The van der Waals surface area contributed by atoms with Gasteiger partial charge in [0.15, 0.2) is 0 Å². The number of hydrogen-bond acceptors (Lipinski definition) is 3. The minimum atomic E-state index is -4.58. The highest BCUT2D eigenvalue weighted by Crippen LogP contribution is 2.34. The van der Waals surface area contributed by atoms with E-state index in [2.05, 4.69) is 20.7 Å². The van der Waals surface area contributed by atoms with Crippen LogP contribution in [0.25, 0.3) is 0 Å². The molecule has 0 saturated heterocycles. The number of benzene rings is 1. The second-order valence-electron chi connectivity index (χ2n) is 3.21. The second kappa shape index (κ2) is 5.40. The fourth-order valence-corrected chi connectivity index (χ4v) is 1.89. The van der Waals surface area contributed by atoms with Gasteiger partial charge in [-0.25, -0.2) is 4.79 Å². The average Bonchev–Trinajstić information content (AvgIpc) is 2.26. The van der Waals surface area contributed by atoms with Crippen LogP contribution >= 0.6 is 15.9 Å². The lowest BCUT2D eigenvalue weighted by Crippen LogP contribution is -2.11. The fraction of sp³-hybridized carbons (Fsp3) is 0.273. The van der Waals surface area contributed by atoms with Crippen molar-refractivity contribution >= 4 is 21.9 Å². The van der Waals surface area contributed by atoms with Crippen molar-refractivity contribution in [3.8, 4) is 6.07 Å². The lowest BCUT2D eigenvalue weighted by atomic mass is 10.0. The topological polar surface area (TPSA) is 50.1 Å². The first-order valence-electron chi connectivity index (χ1n) is 4.79. The fourth-order valence-electron chi connectivity index (χ4n) is 1.27. The maximum atomic E-state index is 12.5. The van der Waals surface area contributed by atoms with E-state index in [-0.39, 0.29) is 22.2 Å². The molecule has 0 N–H and O–H groups in total. The molecule has 1 aromatic carbocycles. The van der Waals surface area contributed by atoms with Crippen LogP contribution in [0.2, 0.25) is 0 Å². The number of carbonyl (C=O) groups is 1. The number of ether oxygens (including phenoxy) is 1. The summed E-state index contributed by atoms with van der Waals surface area (Å²) in [6, 6.07) is 2.92. The monoisotopic (exact) mass is 321 g/mol. The number of carbonyl (C=O) groups excluding carboxylic acids is 1. The van der Waals surface area contributed by atoms with Crippen molar-refractivity contribution in [3.63, 3.8) is 0 Å². The van der Waals surface area contributed by atoms with Crippen LogP contribution in [-0.2, 0) is 10.9 Å². The van der Waals surface area contributed by atoms with E-state index in [1.54, 1.807) is 13.0 Å². The number of nitrogens with zero attached hydrogens (tertiary/aromatic N) is 1. The Bertz CT molecular complexity index is 520. The van der Waals surface area contributed by atoms with Crippen LogP contribution in [-0.4, -0.2) is 12.6 Å². The van der Waals surface area contributed by atoms with Crippen molar-refractivity contribution in [1.29, 1.82) is 5.26 Å². The molecule has 0 amide bonds. The standard InChI is InChI=1S/C11H7BrF3NO2/c1-2-18-10(17)9-6(5-16)3-7(4-8(9)12)11(13,14)15/h3-4H,2H2,1H3. The van der Waals surface area contributed by atoms with Crippen LogP contribution in [0.3, 0.4) is 0 Å². The molecule has 0 fully saturated rings. The van der Waals surface area contributed by atoms with Gasteiger partial charge in [0.1, 0.15) is 6.07 Å². The van der Waals surface area contributed by atoms with Crippen molar-refractivity contribution in [3.05, 3.63) is 33.3 Å². The summed E-state index contributed by atoms with van der Waals surface area (Å²) < 4.78 is 42.1. The molecule has 0 aromatic heterocycles. The molecule has 1 rings (SSSR count). The Hall–Kier alpha value is -1.55. The summed E-state index contributed by atoms with van der Waals surface area (Å²) in [5, 5.41) is 8.80. The number of rotatable bonds is 2. The molecule has 7 heteroatoms. The third kappa shape index (κ3) is 3.01. The second-order valence-corrected chi connectivity index (χ2v) is 4.06. The van der Waals surface area contributed by atoms with E-state index in [1.807, 2.05) is 0 Å². The number of nitriles is 1. The highest BCUT2D eigenvalue weighted by molar-refractivity contribution is 9.10. The van der Waals surface area contributed by atoms with E-state index in [4.69, 9.17) is 5.26 Å². The molecular formula is C11H7BrF3NO2. The van der Waals surface area contributed by atoms with Gasteiger partial charge < -0.3 is 4.74 Å². The number of hydrogen-bond donors (Lipinski definition) is 0. The quantitative estimate of drug-likeness (QED) is 0.783. The average molecular weight is 322 g/mol. The zero-order valence-electron chi connectivity index (χ0n) is 9.14. The van der Waals surface area contributed by atoms with Gasteiger partial charge in [-0.05, 0) is 35.0 Å². The molecule has 0 bridgehead atoms. The third-order valence-corrected chi connectivity index (χ3v) is 2.64. The zero-order valence-corrected chi connectivity index (χ0v) is 10.7. The Morgan fingerprint density at radius 2 is 2.11 bits per heavy atom. The summed E-state index contributed by atoms with van der Waals surface area (Å²) in [6.07, 6.45) is -4.58. The third-order valence-electron chi connectivity index (χ3n) is 2.02. The molecule has 3 nitrogen and oxygen atoms in total. The maximum absolute atomic E-state index is 12.5. The number of esters is 1. The van der Waals surface area contributed by atoms with Gasteiger partial charge in [0.2, 0.25) is 0 Å². The summed E-state index contributed by atoms with van der Waals surface area (Å²) >= 11 is 2.85. The van der Waals surface area contributed by atoms with Gasteiger partial charge in [0.25, 0.3) is 0 Å². The highest BCUT2D eigenvalue weighted by Gasteiger charge is 2.33. The summed E-state index contributed by atoms with van der Waals surface area (Å²) in [5.74, 6) is -0.838. The van der Waals surface area contributed by atoms with Gasteiger partial charge >= 0.3 is 12.1 Å². The van der Waals surface area contributed by atoms with Gasteiger partial charge in [-0.3, -0.25) is 0 Å². The van der Waals surface area contributed by atoms with Crippen LogP contribution in [0.5, 0.6) is 0 Å². The predicted octanol–water partition coefficient (Wildman–Crippen LogP) is 3.52. The van der Waals surface area contributed by atoms with E-state index in [0.29, 0.717) is 6.07 Å². The van der Waals surface area contributed by atoms with Crippen LogP contribution in [0.15, 0.2) is 16.6 Å². The predicted molar refractivity (Wildman–Crippen MR) is 59.8 cm³/mol. The SMILES string of the molecule is CCOC(=O)c1c(Br)cc(C(F)(F)F)cc1C#N. The van der Waals surface area contributed by atoms with Crippen molar-refractivity contribution in [2.45, 2.75) is 13.1 Å². The van der Waals surface area contributed by atoms with Crippen molar-refractivity contribution in [1.82, 2.24) is 0 Å². The normalized spacial score (nSPS) is 10.9. The molecule has 0 aliphatic carbocycles. The van der Waals surface area contributed by atoms with E-state index >= 15 is 0 Å². The lowest BCUT2D eigenvalue weighted by molar-refractivity contribution is -0.137. The maximum Gasteiger partial charge on any atom is 0.416 e. The van der Waals surface area contributed by atoms with E-state index in [1.165, 1.54) is 0 Å². The summed E-state index contributed by atoms with van der Waals surface area (Å²) in [6.45, 7) is 1.62. The van der Waals surface area contributed by atoms with Crippen molar-refractivity contribution in [2.24, 2.45) is 0 Å². The highest BCUT2D eigenvalue weighted by atomic mass is 79.9. The van der Waals surface area contributed by atoms with Crippen LogP contribution in [0.4, 0.5) is 13.2 Å². The molecule has 1 aromatic rings. The van der Waals surface area contributed by atoms with Crippen molar-refractivity contribution in [2.75, 3.05) is 6.61 Å². The molecule has 0 unspecified atom stereocenters. The van der Waals surface area contributed by atoms with Crippen LogP contribution < -0.4 is 0 Å². The molecule has 0 aliphatic rings. The molecule has 0 atom stereocenters. The molecular weight excluding hydrogens is 315 g/mol. The number of alkyl halides is 3. The molecule has 0 radical (unpaired) electrons. The lowest BCUT2D eigenvalue weighted by Gasteiger charge is -2.11. The largest absolute Gasteiger partial charge is 0.462 e. The Morgan fingerprint density at radius 3 is 2.56 bits per heavy atom. The minimum absolute atomic E-state index is 0.0666. The van der Waals surface area contributed by atoms with E-state index < -0.39 is 17.7 Å². The van der Waals surface area contributed by atoms with Crippen LogP contribution in [0, 0.1) is 11.3 Å². The molecule has 0 saturated carbocycles. The van der Waals surface area contributed by atoms with Gasteiger partial charge in [0, 0.05) is 4.47 Å². The molecule has 18 heavy (non-hydrogen) atoms. The van der Waals surface area contributed by atoms with Gasteiger partial charge in [-0.1, -0.05) is 0 Å². The van der Waals surface area contributed by atoms with Gasteiger partial charge in [0.05, 0.1) is 23.3 Å². The first-order chi connectivity index (χ1) is 8.31. The van der Waals surface area contributed by atoms with Crippen molar-refractivity contribution < 1.29 is 22.7 Å². The first-order valence-corrected chi connectivity index (χ1v) is 5.58. The van der Waals surface area contributed by atoms with E-state index in [9.17, 15) is 18.0 Å². The minimum Gasteiger partial charge on any atom is -0.462 e. The Balaban J connectivity index is 3.39. The first kappa shape index (κ1) is 14.5. The summed E-state index contributed by atoms with van der Waals surface area (Å²) in [7, 11) is 0. The van der Waals surface area contributed by atoms with Gasteiger partial charge in [-0.15, -0.1) is 0 Å². The summed E-state index contributed by atoms with van der Waals surface area (Å²) in [5.41, 5.74) is -1.58. The van der Waals surface area contributed by atoms with Crippen LogP contribution in [0.1, 0.15) is 28.4 Å². The van der Waals surface area contributed by atoms with E-state index in [0.717, 1.165) is 6.07 Å². The number of halogens is 4. The molecule has 0 heterocycles. The molecule has 0 spiro atoms. The molecule has 0 aliphatic heterocycles. The van der Waals surface area contributed by atoms with Gasteiger partial charge in [-0.2, -0.15) is 18.4 Å². The Morgan fingerprint density at radius 1 is 1.50 bits per heavy atom. The zero-order chi connectivity index (χ0) is 13.9. The molecule has 96 valence electrons. The smallest absolute Gasteiger partial charge is 0.416 e. The Kier molecular flexibility index (Phi) is 4.35. The Labute approximate surface area is 109 Å².